The molecule has 1 aromatic carbocycles. The molecule has 0 spiro atoms. The number of hydrogen-bond donors (Lipinski definition) is 1. The van der Waals surface area contributed by atoms with Crippen molar-refractivity contribution in [2.24, 2.45) is 23.2 Å². The molecule has 140 valence electrons. The Hall–Kier alpha value is -1.61. The molecule has 0 aromatic heterocycles. The predicted molar refractivity (Wildman–Crippen MR) is 103 cm³/mol. The molecule has 4 rings (SSSR count). The van der Waals surface area contributed by atoms with Gasteiger partial charge in [0, 0.05) is 11.5 Å². The van der Waals surface area contributed by atoms with Crippen LogP contribution in [0.15, 0.2) is 42.5 Å². The molecule has 1 heterocycles. The van der Waals surface area contributed by atoms with Crippen molar-refractivity contribution in [3.05, 3.63) is 48.0 Å². The van der Waals surface area contributed by atoms with Gasteiger partial charge in [0.05, 0.1) is 13.6 Å². The highest BCUT2D eigenvalue weighted by Crippen LogP contribution is 2.56. The first-order valence-electron chi connectivity index (χ1n) is 10.2. The van der Waals surface area contributed by atoms with Gasteiger partial charge in [0.2, 0.25) is 0 Å². The van der Waals surface area contributed by atoms with Gasteiger partial charge in [-0.1, -0.05) is 49.4 Å². The van der Waals surface area contributed by atoms with Gasteiger partial charge in [-0.25, -0.2) is 0 Å². The molecule has 0 radical (unpaired) electrons. The molecule has 1 aliphatic heterocycles. The average molecular weight is 355 g/mol. The maximum Gasteiger partial charge on any atom is 0.315 e. The Labute approximate surface area is 157 Å². The number of carbonyl (C=O) groups is 1. The van der Waals surface area contributed by atoms with Crippen LogP contribution in [0.1, 0.15) is 44.6 Å². The van der Waals surface area contributed by atoms with Crippen molar-refractivity contribution in [1.29, 1.82) is 0 Å². The number of rotatable bonds is 4. The van der Waals surface area contributed by atoms with E-state index in [1.165, 1.54) is 28.9 Å². The van der Waals surface area contributed by atoms with E-state index in [2.05, 4.69) is 44.8 Å². The van der Waals surface area contributed by atoms with Gasteiger partial charge in [0.25, 0.3) is 0 Å². The number of allylic oxidation sites excluding steroid dienone is 1. The van der Waals surface area contributed by atoms with E-state index < -0.39 is 0 Å². The van der Waals surface area contributed by atoms with Gasteiger partial charge >= 0.3 is 5.97 Å². The van der Waals surface area contributed by atoms with Crippen LogP contribution >= 0.6 is 0 Å². The van der Waals surface area contributed by atoms with Crippen molar-refractivity contribution < 1.29 is 14.4 Å². The van der Waals surface area contributed by atoms with Crippen molar-refractivity contribution in [1.82, 2.24) is 0 Å². The molecular weight excluding hydrogens is 322 g/mol. The van der Waals surface area contributed by atoms with Gasteiger partial charge in [-0.05, 0) is 43.4 Å². The maximum atomic E-state index is 12.7. The summed E-state index contributed by atoms with van der Waals surface area (Å²) in [7, 11) is 2.19. The Morgan fingerprint density at radius 1 is 1.31 bits per heavy atom. The number of nitrogens with one attached hydrogen (secondary N) is 1. The smallest absolute Gasteiger partial charge is 0.315 e. The molecule has 0 amide bonds. The summed E-state index contributed by atoms with van der Waals surface area (Å²) < 4.78 is 5.90. The lowest BCUT2D eigenvalue weighted by atomic mass is 9.55. The fraction of sp³-hybridized carbons (Fsp3) is 0.609. The van der Waals surface area contributed by atoms with Crippen LogP contribution in [0.3, 0.4) is 0 Å². The minimum absolute atomic E-state index is 0.0419. The maximum absolute atomic E-state index is 12.7. The van der Waals surface area contributed by atoms with Crippen LogP contribution in [0.4, 0.5) is 0 Å². The summed E-state index contributed by atoms with van der Waals surface area (Å²) in [6, 6.07) is 10.5. The molecule has 3 fully saturated rings. The normalized spacial score (nSPS) is 37.6. The lowest BCUT2D eigenvalue weighted by Gasteiger charge is -2.50. The van der Waals surface area contributed by atoms with Crippen molar-refractivity contribution in [2.75, 3.05) is 13.6 Å². The van der Waals surface area contributed by atoms with E-state index in [0.29, 0.717) is 11.8 Å². The molecule has 26 heavy (non-hydrogen) atoms. The minimum Gasteiger partial charge on any atom is -0.462 e. The predicted octanol–water partition coefficient (Wildman–Crippen LogP) is 3.02. The summed E-state index contributed by atoms with van der Waals surface area (Å²) in [4.78, 5) is 14.0. The van der Waals surface area contributed by atoms with Gasteiger partial charge in [-0.3, -0.25) is 4.79 Å². The first-order chi connectivity index (χ1) is 12.5. The molecule has 1 unspecified atom stereocenters. The molecule has 2 aliphatic carbocycles. The second-order valence-electron chi connectivity index (χ2n) is 9.23. The van der Waals surface area contributed by atoms with E-state index in [9.17, 15) is 4.79 Å². The Morgan fingerprint density at radius 2 is 2.08 bits per heavy atom. The van der Waals surface area contributed by atoms with Crippen molar-refractivity contribution in [3.8, 4) is 0 Å². The van der Waals surface area contributed by atoms with Gasteiger partial charge in [0.15, 0.2) is 0 Å². The van der Waals surface area contributed by atoms with Gasteiger partial charge in [-0.15, -0.1) is 0 Å². The fourth-order valence-electron chi connectivity index (χ4n) is 5.88. The fourth-order valence-corrected chi connectivity index (χ4v) is 5.88. The first kappa shape index (κ1) is 17.8. The second-order valence-corrected chi connectivity index (χ2v) is 9.23. The lowest BCUT2D eigenvalue weighted by molar-refractivity contribution is -0.896. The summed E-state index contributed by atoms with van der Waals surface area (Å²) in [6.45, 7) is 8.60. The summed E-state index contributed by atoms with van der Waals surface area (Å²) in [5, 5.41) is 0. The summed E-state index contributed by atoms with van der Waals surface area (Å²) in [5.41, 5.74) is 3.03. The highest BCUT2D eigenvalue weighted by Gasteiger charge is 2.55. The number of esters is 1. The molecule has 1 N–H and O–H groups in total. The number of hydrogen-bond acceptors (Lipinski definition) is 2. The third kappa shape index (κ3) is 3.22. The highest BCUT2D eigenvalue weighted by molar-refractivity contribution is 5.75. The topological polar surface area (TPSA) is 30.7 Å². The Balaban J connectivity index is 1.46. The van der Waals surface area contributed by atoms with E-state index in [-0.39, 0.29) is 23.4 Å². The van der Waals surface area contributed by atoms with Crippen LogP contribution in [-0.2, 0) is 16.1 Å². The van der Waals surface area contributed by atoms with Crippen LogP contribution in [-0.4, -0.2) is 25.7 Å². The third-order valence-corrected chi connectivity index (χ3v) is 7.24. The number of benzene rings is 1. The number of carbonyl (C=O) groups excluding carboxylic acids is 1. The van der Waals surface area contributed by atoms with Crippen LogP contribution in [0.2, 0.25) is 0 Å². The van der Waals surface area contributed by atoms with Crippen LogP contribution in [0, 0.1) is 23.2 Å². The molecule has 3 heteroatoms. The van der Waals surface area contributed by atoms with Crippen molar-refractivity contribution >= 4 is 5.97 Å². The lowest BCUT2D eigenvalue weighted by Crippen LogP contribution is -3.08. The zero-order valence-electron chi connectivity index (χ0n) is 16.2. The average Bonchev–Trinajstić information content (AvgIpc) is 2.88. The molecule has 6 atom stereocenters. The van der Waals surface area contributed by atoms with Gasteiger partial charge < -0.3 is 9.64 Å². The molecule has 0 bridgehead atoms. The zero-order valence-corrected chi connectivity index (χ0v) is 16.2. The molecular formula is C23H32NO2+. The molecule has 3 aliphatic rings. The molecule has 1 saturated heterocycles. The molecule has 2 saturated carbocycles. The van der Waals surface area contributed by atoms with Crippen molar-refractivity contribution in [2.45, 2.75) is 51.7 Å². The van der Waals surface area contributed by atoms with E-state index in [4.69, 9.17) is 4.74 Å². The van der Waals surface area contributed by atoms with E-state index in [1.807, 2.05) is 6.07 Å². The Kier molecular flexibility index (Phi) is 4.68. The standard InChI is InChI=1S/C23H31NO2/c1-16-8-7-11-23(2)13-21-18(12-20(16)23)19(22(25)26-21)15-24(3)14-17-9-5-4-6-10-17/h4-6,9-10,18-21H,1,7-8,11-15H2,2-3H3/p+1/t18-,19+,20+,21-,23-/m1/s1. The number of quaternary nitrogens is 1. The SMILES string of the molecule is C=C1CCC[C@]2(C)C[C@H]3OC(=O)[C@@H](C[NH+](C)Cc4ccccc4)[C@H]3C[C@@H]12. The minimum atomic E-state index is 0.0419. The number of fused-ring (bicyclic) bond motifs is 2. The van der Waals surface area contributed by atoms with E-state index >= 15 is 0 Å². The van der Waals surface area contributed by atoms with Crippen molar-refractivity contribution in [3.63, 3.8) is 0 Å². The van der Waals surface area contributed by atoms with Gasteiger partial charge in [0.1, 0.15) is 18.6 Å². The molecule has 3 nitrogen and oxygen atoms in total. The summed E-state index contributed by atoms with van der Waals surface area (Å²) in [6.07, 6.45) is 5.91. The van der Waals surface area contributed by atoms with Gasteiger partial charge in [-0.2, -0.15) is 0 Å². The van der Waals surface area contributed by atoms with Crippen LogP contribution in [0.5, 0.6) is 0 Å². The Morgan fingerprint density at radius 3 is 2.85 bits per heavy atom. The van der Waals surface area contributed by atoms with Crippen LogP contribution in [0.25, 0.3) is 0 Å². The van der Waals surface area contributed by atoms with E-state index in [0.717, 1.165) is 32.4 Å². The largest absolute Gasteiger partial charge is 0.462 e. The third-order valence-electron chi connectivity index (χ3n) is 7.24. The molecule has 1 aromatic rings. The zero-order chi connectivity index (χ0) is 18.3. The quantitative estimate of drug-likeness (QED) is 0.666. The van der Waals surface area contributed by atoms with Crippen LogP contribution < -0.4 is 4.90 Å². The number of ether oxygens (including phenoxy) is 1. The second kappa shape index (κ2) is 6.84. The summed E-state index contributed by atoms with van der Waals surface area (Å²) in [5.74, 6) is 1.04. The summed E-state index contributed by atoms with van der Waals surface area (Å²) >= 11 is 0. The highest BCUT2D eigenvalue weighted by atomic mass is 16.6. The Bertz CT molecular complexity index is 685. The first-order valence-corrected chi connectivity index (χ1v) is 10.2. The monoisotopic (exact) mass is 354 g/mol. The van der Waals surface area contributed by atoms with E-state index in [1.54, 1.807) is 0 Å².